The predicted octanol–water partition coefficient (Wildman–Crippen LogP) is 2.01. The monoisotopic (exact) mass is 299 g/mol. The molecule has 1 aliphatic heterocycles. The Morgan fingerprint density at radius 3 is 3.00 bits per heavy atom. The summed E-state index contributed by atoms with van der Waals surface area (Å²) in [6.45, 7) is 0. The minimum atomic E-state index is -3.31. The van der Waals surface area contributed by atoms with Crippen LogP contribution in [0.15, 0.2) is 28.6 Å². The van der Waals surface area contributed by atoms with E-state index in [1.165, 1.54) is 29.5 Å². The van der Waals surface area contributed by atoms with Gasteiger partial charge >= 0.3 is 0 Å². The van der Waals surface area contributed by atoms with Crippen LogP contribution < -0.4 is 5.32 Å². The van der Waals surface area contributed by atoms with Gasteiger partial charge in [0, 0.05) is 0 Å². The van der Waals surface area contributed by atoms with Crippen molar-refractivity contribution in [3.8, 4) is 0 Å². The van der Waals surface area contributed by atoms with Gasteiger partial charge in [0.25, 0.3) is 0 Å². The summed E-state index contributed by atoms with van der Waals surface area (Å²) in [4.78, 5) is 0.196. The number of benzene rings is 1. The minimum absolute atomic E-state index is 0.0438. The van der Waals surface area contributed by atoms with E-state index in [0.717, 1.165) is 0 Å². The molecule has 0 saturated carbocycles. The number of rotatable bonds is 2. The van der Waals surface area contributed by atoms with E-state index in [-0.39, 0.29) is 16.7 Å². The zero-order valence-electron chi connectivity index (χ0n) is 9.71. The average molecular weight is 299 g/mol. The quantitative estimate of drug-likeness (QED) is 0.859. The number of sulfone groups is 1. The highest BCUT2D eigenvalue weighted by molar-refractivity contribution is 7.91. The molecule has 0 bridgehead atoms. The smallest absolute Gasteiger partial charge is 0.205 e. The molecular formula is C11H10FN3O2S2. The summed E-state index contributed by atoms with van der Waals surface area (Å²) in [7, 11) is -3.31. The van der Waals surface area contributed by atoms with E-state index in [1.807, 2.05) is 0 Å². The van der Waals surface area contributed by atoms with E-state index in [9.17, 15) is 12.8 Å². The fourth-order valence-electron chi connectivity index (χ4n) is 2.15. The number of hydrogen-bond donors (Lipinski definition) is 1. The molecule has 0 radical (unpaired) electrons. The highest BCUT2D eigenvalue weighted by Crippen LogP contribution is 2.35. The third kappa shape index (κ3) is 2.33. The second kappa shape index (κ2) is 4.53. The first kappa shape index (κ1) is 12.5. The second-order valence-corrected chi connectivity index (χ2v) is 7.14. The summed E-state index contributed by atoms with van der Waals surface area (Å²) in [6.07, 6.45) is 0.387. The predicted molar refractivity (Wildman–Crippen MR) is 69.3 cm³/mol. The number of halogens is 1. The molecule has 0 fully saturated rings. The third-order valence-corrected chi connectivity index (χ3v) is 5.45. The van der Waals surface area contributed by atoms with Crippen LogP contribution in [0.2, 0.25) is 0 Å². The van der Waals surface area contributed by atoms with Crippen molar-refractivity contribution in [1.29, 1.82) is 0 Å². The molecule has 0 spiro atoms. The standard InChI is InChI=1S/C11H10FN3O2S2/c12-7-1-2-10-8(5-7)9(3-4-19(10,16)17)14-11-15-13-6-18-11/h1-2,5-6,9H,3-4H2,(H,14,15). The van der Waals surface area contributed by atoms with Crippen molar-refractivity contribution in [1.82, 2.24) is 10.2 Å². The van der Waals surface area contributed by atoms with Gasteiger partial charge in [0.15, 0.2) is 9.84 Å². The van der Waals surface area contributed by atoms with Crippen LogP contribution in [0.4, 0.5) is 9.52 Å². The van der Waals surface area contributed by atoms with Crippen LogP contribution in [0.3, 0.4) is 0 Å². The van der Waals surface area contributed by atoms with Crippen LogP contribution in [-0.4, -0.2) is 24.4 Å². The lowest BCUT2D eigenvalue weighted by molar-refractivity contribution is 0.570. The van der Waals surface area contributed by atoms with Crippen molar-refractivity contribution in [2.45, 2.75) is 17.4 Å². The zero-order valence-corrected chi connectivity index (χ0v) is 11.3. The van der Waals surface area contributed by atoms with Gasteiger partial charge < -0.3 is 5.32 Å². The number of nitrogens with zero attached hydrogens (tertiary/aromatic N) is 2. The molecule has 0 aliphatic carbocycles. The number of fused-ring (bicyclic) bond motifs is 1. The van der Waals surface area contributed by atoms with E-state index < -0.39 is 15.7 Å². The Labute approximate surface area is 113 Å². The second-order valence-electron chi connectivity index (χ2n) is 4.23. The molecule has 8 heteroatoms. The van der Waals surface area contributed by atoms with Crippen LogP contribution >= 0.6 is 11.3 Å². The maximum Gasteiger partial charge on any atom is 0.205 e. The molecular weight excluding hydrogens is 289 g/mol. The Morgan fingerprint density at radius 2 is 2.26 bits per heavy atom. The van der Waals surface area contributed by atoms with Crippen molar-refractivity contribution >= 4 is 26.3 Å². The first-order chi connectivity index (χ1) is 9.06. The highest BCUT2D eigenvalue weighted by Gasteiger charge is 2.31. The molecule has 2 heterocycles. The molecule has 100 valence electrons. The number of aromatic nitrogens is 2. The fourth-order valence-corrected chi connectivity index (χ4v) is 4.25. The lowest BCUT2D eigenvalue weighted by Crippen LogP contribution is -2.24. The van der Waals surface area contributed by atoms with E-state index in [1.54, 1.807) is 5.51 Å². The molecule has 1 unspecified atom stereocenters. The van der Waals surface area contributed by atoms with Crippen LogP contribution in [0.5, 0.6) is 0 Å². The van der Waals surface area contributed by atoms with Gasteiger partial charge in [0.05, 0.1) is 16.7 Å². The largest absolute Gasteiger partial charge is 0.353 e. The normalized spacial score (nSPS) is 20.8. The SMILES string of the molecule is O=S1(=O)CCC(Nc2nncs2)c2cc(F)ccc21. The zero-order chi connectivity index (χ0) is 13.5. The molecule has 1 aromatic heterocycles. The van der Waals surface area contributed by atoms with E-state index in [4.69, 9.17) is 0 Å². The first-order valence-corrected chi connectivity index (χ1v) is 8.14. The number of hydrogen-bond acceptors (Lipinski definition) is 6. The van der Waals surface area contributed by atoms with E-state index in [2.05, 4.69) is 15.5 Å². The van der Waals surface area contributed by atoms with Crippen molar-refractivity contribution in [2.24, 2.45) is 0 Å². The van der Waals surface area contributed by atoms with E-state index >= 15 is 0 Å². The van der Waals surface area contributed by atoms with Gasteiger partial charge in [0.2, 0.25) is 5.13 Å². The lowest BCUT2D eigenvalue weighted by atomic mass is 10.0. The Hall–Kier alpha value is -1.54. The minimum Gasteiger partial charge on any atom is -0.353 e. The average Bonchev–Trinajstić information content (AvgIpc) is 2.85. The van der Waals surface area contributed by atoms with Crippen LogP contribution in [-0.2, 0) is 9.84 Å². The summed E-state index contributed by atoms with van der Waals surface area (Å²) < 4.78 is 37.3. The molecule has 1 aliphatic rings. The molecule has 1 N–H and O–H groups in total. The Bertz CT molecular complexity index is 701. The highest BCUT2D eigenvalue weighted by atomic mass is 32.2. The van der Waals surface area contributed by atoms with Gasteiger partial charge in [-0.25, -0.2) is 12.8 Å². The maximum absolute atomic E-state index is 13.4. The third-order valence-electron chi connectivity index (χ3n) is 3.02. The van der Waals surface area contributed by atoms with E-state index in [0.29, 0.717) is 17.1 Å². The molecule has 0 amide bonds. The molecule has 5 nitrogen and oxygen atoms in total. The van der Waals surface area contributed by atoms with Gasteiger partial charge in [-0.05, 0) is 30.2 Å². The topological polar surface area (TPSA) is 72.0 Å². The van der Waals surface area contributed by atoms with Crippen LogP contribution in [0, 0.1) is 5.82 Å². The van der Waals surface area contributed by atoms with Gasteiger partial charge in [-0.1, -0.05) is 11.3 Å². The number of anilines is 1. The van der Waals surface area contributed by atoms with Crippen molar-refractivity contribution < 1.29 is 12.8 Å². The van der Waals surface area contributed by atoms with Crippen molar-refractivity contribution in [3.05, 3.63) is 35.1 Å². The summed E-state index contributed by atoms with van der Waals surface area (Å²) in [6, 6.07) is 3.50. The molecule has 19 heavy (non-hydrogen) atoms. The van der Waals surface area contributed by atoms with Gasteiger partial charge in [0.1, 0.15) is 11.3 Å². The molecule has 2 aromatic rings. The fraction of sp³-hybridized carbons (Fsp3) is 0.273. The summed E-state index contributed by atoms with van der Waals surface area (Å²) in [5.74, 6) is -0.401. The van der Waals surface area contributed by atoms with Gasteiger partial charge in [-0.15, -0.1) is 10.2 Å². The first-order valence-electron chi connectivity index (χ1n) is 5.61. The molecule has 1 aromatic carbocycles. The summed E-state index contributed by atoms with van der Waals surface area (Å²) in [5.41, 5.74) is 2.04. The van der Waals surface area contributed by atoms with Gasteiger partial charge in [-0.2, -0.15) is 0 Å². The Morgan fingerprint density at radius 1 is 1.42 bits per heavy atom. The molecule has 3 rings (SSSR count). The Kier molecular flexibility index (Phi) is 2.98. The lowest BCUT2D eigenvalue weighted by Gasteiger charge is -2.25. The van der Waals surface area contributed by atoms with Crippen LogP contribution in [0.1, 0.15) is 18.0 Å². The van der Waals surface area contributed by atoms with Crippen LogP contribution in [0.25, 0.3) is 0 Å². The maximum atomic E-state index is 13.4. The number of nitrogens with one attached hydrogen (secondary N) is 1. The molecule has 0 saturated heterocycles. The van der Waals surface area contributed by atoms with Crippen molar-refractivity contribution in [2.75, 3.05) is 11.1 Å². The summed E-state index contributed by atoms with van der Waals surface area (Å²) >= 11 is 1.32. The van der Waals surface area contributed by atoms with Crippen molar-refractivity contribution in [3.63, 3.8) is 0 Å². The Balaban J connectivity index is 2.03. The molecule has 1 atom stereocenters. The summed E-state index contributed by atoms with van der Waals surface area (Å²) in [5, 5.41) is 11.3. The van der Waals surface area contributed by atoms with Gasteiger partial charge in [-0.3, -0.25) is 0 Å².